The van der Waals surface area contributed by atoms with Gasteiger partial charge >= 0.3 is 0 Å². The van der Waals surface area contributed by atoms with Crippen molar-refractivity contribution in [2.45, 2.75) is 51.6 Å². The molecule has 2 aromatic carbocycles. The summed E-state index contributed by atoms with van der Waals surface area (Å²) in [4.78, 5) is 12.9. The Morgan fingerprint density at radius 1 is 1.21 bits per heavy atom. The quantitative estimate of drug-likeness (QED) is 0.422. The van der Waals surface area contributed by atoms with E-state index in [2.05, 4.69) is 6.92 Å². The summed E-state index contributed by atoms with van der Waals surface area (Å²) in [6.45, 7) is 4.76. The summed E-state index contributed by atoms with van der Waals surface area (Å²) in [5.41, 5.74) is 0.873. The van der Waals surface area contributed by atoms with Crippen LogP contribution in [0, 0.1) is 17.7 Å². The van der Waals surface area contributed by atoms with E-state index in [-0.39, 0.29) is 30.2 Å². The molecular weight excluding hydrogens is 435 g/mol. The number of ketones is 1. The molecule has 4 rings (SSSR count). The van der Waals surface area contributed by atoms with Crippen molar-refractivity contribution >= 4 is 5.78 Å². The lowest BCUT2D eigenvalue weighted by Crippen LogP contribution is -2.45. The number of fused-ring (bicyclic) bond motifs is 1. The first-order valence-corrected chi connectivity index (χ1v) is 12.0. The monoisotopic (exact) mass is 468 g/mol. The molecule has 0 saturated carbocycles. The van der Waals surface area contributed by atoms with Gasteiger partial charge in [0, 0.05) is 18.1 Å². The van der Waals surface area contributed by atoms with Crippen LogP contribution in [0.25, 0.3) is 0 Å². The lowest BCUT2D eigenvalue weighted by Gasteiger charge is -2.38. The fourth-order valence-electron chi connectivity index (χ4n) is 4.91. The highest BCUT2D eigenvalue weighted by Gasteiger charge is 2.52. The molecule has 34 heavy (non-hydrogen) atoms. The third kappa shape index (κ3) is 4.97. The first-order chi connectivity index (χ1) is 16.5. The molecule has 1 aliphatic carbocycles. The molecule has 0 N–H and O–H groups in total. The summed E-state index contributed by atoms with van der Waals surface area (Å²) in [5.74, 6) is 0.840. The van der Waals surface area contributed by atoms with Gasteiger partial charge in [-0.15, -0.1) is 0 Å². The first-order valence-electron chi connectivity index (χ1n) is 12.0. The highest BCUT2D eigenvalue weighted by molar-refractivity contribution is 5.94. The Morgan fingerprint density at radius 3 is 2.74 bits per heavy atom. The van der Waals surface area contributed by atoms with Crippen molar-refractivity contribution in [3.63, 3.8) is 0 Å². The topological polar surface area (TPSA) is 54.0 Å². The SMILES string of the molecule is CCCCOc1cc(C[C@H](C)[C@]23C[C@H](Cc4ccccc4)C(=O)C=C2OCO3)c(F)cc1OC. The smallest absolute Gasteiger partial charge is 0.189 e. The van der Waals surface area contributed by atoms with Crippen LogP contribution >= 0.6 is 0 Å². The number of benzene rings is 2. The number of methoxy groups -OCH3 is 1. The van der Waals surface area contributed by atoms with Crippen molar-refractivity contribution < 1.29 is 28.1 Å². The highest BCUT2D eigenvalue weighted by atomic mass is 19.1. The number of unbranched alkanes of at least 4 members (excludes halogenated alkanes) is 1. The molecule has 2 aromatic rings. The van der Waals surface area contributed by atoms with Crippen LogP contribution in [-0.4, -0.2) is 31.9 Å². The van der Waals surface area contributed by atoms with Gasteiger partial charge in [-0.2, -0.15) is 0 Å². The van der Waals surface area contributed by atoms with Crippen LogP contribution in [0.15, 0.2) is 54.3 Å². The van der Waals surface area contributed by atoms with Crippen LogP contribution in [0.3, 0.4) is 0 Å². The van der Waals surface area contributed by atoms with Crippen molar-refractivity contribution in [1.82, 2.24) is 0 Å². The number of halogens is 1. The molecule has 0 radical (unpaired) electrons. The van der Waals surface area contributed by atoms with Crippen LogP contribution in [0.2, 0.25) is 0 Å². The number of hydrogen-bond acceptors (Lipinski definition) is 5. The van der Waals surface area contributed by atoms with Crippen LogP contribution < -0.4 is 9.47 Å². The molecule has 2 aliphatic rings. The molecule has 0 bridgehead atoms. The predicted molar refractivity (Wildman–Crippen MR) is 127 cm³/mol. The van der Waals surface area contributed by atoms with E-state index in [1.165, 1.54) is 13.2 Å². The Labute approximate surface area is 200 Å². The fraction of sp³-hybridized carbons (Fsp3) is 0.464. The van der Waals surface area contributed by atoms with Gasteiger partial charge in [0.15, 0.2) is 24.1 Å². The zero-order valence-electron chi connectivity index (χ0n) is 20.1. The summed E-state index contributed by atoms with van der Waals surface area (Å²) in [7, 11) is 1.51. The predicted octanol–water partition coefficient (Wildman–Crippen LogP) is 5.65. The minimum absolute atomic E-state index is 0.0504. The third-order valence-corrected chi connectivity index (χ3v) is 6.91. The van der Waals surface area contributed by atoms with E-state index in [0.29, 0.717) is 48.7 Å². The molecule has 0 spiro atoms. The Balaban J connectivity index is 1.57. The highest BCUT2D eigenvalue weighted by Crippen LogP contribution is 2.46. The van der Waals surface area contributed by atoms with E-state index >= 15 is 4.39 Å². The molecule has 1 fully saturated rings. The lowest BCUT2D eigenvalue weighted by atomic mass is 9.71. The summed E-state index contributed by atoms with van der Waals surface area (Å²) in [6.07, 6.45) is 5.05. The minimum Gasteiger partial charge on any atom is -0.493 e. The van der Waals surface area contributed by atoms with E-state index in [1.807, 2.05) is 37.3 Å². The molecular formula is C28H33FO5. The molecule has 3 atom stereocenters. The second-order valence-electron chi connectivity index (χ2n) is 9.20. The number of carbonyl (C=O) groups excluding carboxylic acids is 1. The summed E-state index contributed by atoms with van der Waals surface area (Å²) in [5, 5.41) is 0. The summed E-state index contributed by atoms with van der Waals surface area (Å²) in [6, 6.07) is 13.1. The number of rotatable bonds is 10. The summed E-state index contributed by atoms with van der Waals surface area (Å²) >= 11 is 0. The van der Waals surface area contributed by atoms with Crippen LogP contribution in [0.1, 0.15) is 44.2 Å². The molecule has 0 unspecified atom stereocenters. The lowest BCUT2D eigenvalue weighted by molar-refractivity contribution is -0.123. The van der Waals surface area contributed by atoms with Crippen LogP contribution in [0.5, 0.6) is 11.5 Å². The van der Waals surface area contributed by atoms with Gasteiger partial charge < -0.3 is 18.9 Å². The minimum atomic E-state index is -0.761. The molecule has 0 amide bonds. The van der Waals surface area contributed by atoms with Crippen LogP contribution in [0.4, 0.5) is 4.39 Å². The first kappa shape index (κ1) is 24.3. The number of ether oxygens (including phenoxy) is 4. The Hall–Kier alpha value is -2.86. The zero-order chi connectivity index (χ0) is 24.1. The maximum Gasteiger partial charge on any atom is 0.189 e. The molecule has 1 heterocycles. The van der Waals surface area contributed by atoms with E-state index in [1.54, 1.807) is 12.1 Å². The van der Waals surface area contributed by atoms with Crippen molar-refractivity contribution in [2.24, 2.45) is 11.8 Å². The average molecular weight is 469 g/mol. The van der Waals surface area contributed by atoms with Crippen LogP contribution in [-0.2, 0) is 27.1 Å². The Bertz CT molecular complexity index is 1030. The van der Waals surface area contributed by atoms with Crippen molar-refractivity contribution in [2.75, 3.05) is 20.5 Å². The standard InChI is InChI=1S/C28H33FO5/c1-4-5-11-32-26-14-21(23(29)15-25(26)31-3)12-19(2)28-17-22(13-20-9-7-6-8-10-20)24(30)16-27(28)33-18-34-28/h6-10,14-16,19,22H,4-5,11-13,17-18H2,1-3H3/t19-,22-,28+/m0/s1. The van der Waals surface area contributed by atoms with Crippen molar-refractivity contribution in [3.8, 4) is 11.5 Å². The normalized spacial score (nSPS) is 22.5. The number of carbonyl (C=O) groups is 1. The molecule has 1 saturated heterocycles. The van der Waals surface area contributed by atoms with Gasteiger partial charge in [0.25, 0.3) is 0 Å². The van der Waals surface area contributed by atoms with Crippen molar-refractivity contribution in [1.29, 1.82) is 0 Å². The Morgan fingerprint density at radius 2 is 2.00 bits per heavy atom. The number of hydrogen-bond donors (Lipinski definition) is 0. The van der Waals surface area contributed by atoms with Gasteiger partial charge in [0.2, 0.25) is 0 Å². The van der Waals surface area contributed by atoms with Gasteiger partial charge in [0.1, 0.15) is 17.2 Å². The molecule has 0 aromatic heterocycles. The van der Waals surface area contributed by atoms with E-state index < -0.39 is 5.60 Å². The zero-order valence-corrected chi connectivity index (χ0v) is 20.1. The van der Waals surface area contributed by atoms with E-state index in [9.17, 15) is 4.79 Å². The van der Waals surface area contributed by atoms with Gasteiger partial charge in [-0.05, 0) is 48.8 Å². The van der Waals surface area contributed by atoms with E-state index in [0.717, 1.165) is 18.4 Å². The molecule has 1 aliphatic heterocycles. The second kappa shape index (κ2) is 10.6. The van der Waals surface area contributed by atoms with Gasteiger partial charge in [-0.25, -0.2) is 4.39 Å². The van der Waals surface area contributed by atoms with Gasteiger partial charge in [-0.3, -0.25) is 4.79 Å². The Kier molecular flexibility index (Phi) is 7.57. The number of allylic oxidation sites excluding steroid dienone is 1. The average Bonchev–Trinajstić information content (AvgIpc) is 3.25. The molecule has 6 heteroatoms. The molecule has 5 nitrogen and oxygen atoms in total. The van der Waals surface area contributed by atoms with Gasteiger partial charge in [0.05, 0.1) is 13.7 Å². The fourth-order valence-corrected chi connectivity index (χ4v) is 4.91. The summed E-state index contributed by atoms with van der Waals surface area (Å²) < 4.78 is 38.1. The van der Waals surface area contributed by atoms with Gasteiger partial charge in [-0.1, -0.05) is 50.6 Å². The second-order valence-corrected chi connectivity index (χ2v) is 9.20. The maximum atomic E-state index is 15.0. The third-order valence-electron chi connectivity index (χ3n) is 6.91. The maximum absolute atomic E-state index is 15.0. The van der Waals surface area contributed by atoms with E-state index in [4.69, 9.17) is 18.9 Å². The molecule has 182 valence electrons. The largest absolute Gasteiger partial charge is 0.493 e. The van der Waals surface area contributed by atoms with Crippen molar-refractivity contribution in [3.05, 3.63) is 71.2 Å².